The molecule has 3 rings (SSSR count). The third-order valence-corrected chi connectivity index (χ3v) is 6.00. The molecule has 0 saturated heterocycles. The summed E-state index contributed by atoms with van der Waals surface area (Å²) in [6, 6.07) is 5.32. The molecule has 2 aromatic rings. The zero-order valence-electron chi connectivity index (χ0n) is 13.5. The van der Waals surface area contributed by atoms with Crippen molar-refractivity contribution in [2.75, 3.05) is 10.6 Å². The monoisotopic (exact) mass is 396 g/mol. The molecule has 0 bridgehead atoms. The molecule has 0 spiro atoms. The maximum Gasteiger partial charge on any atom is 0.238 e. The first kappa shape index (κ1) is 18.2. The summed E-state index contributed by atoms with van der Waals surface area (Å²) in [5, 5.41) is 15.0. The normalized spacial score (nSPS) is 16.2. The number of fused-ring (bicyclic) bond motifs is 1. The number of hydrogen-bond donors (Lipinski definition) is 2. The van der Waals surface area contributed by atoms with E-state index in [1.54, 1.807) is 12.1 Å². The Hall–Kier alpha value is -1.64. The summed E-state index contributed by atoms with van der Waals surface area (Å²) in [4.78, 5) is 25.3. The number of amides is 2. The number of unbranched alkanes of at least 4 members (excludes halogenated alkanes) is 1. The van der Waals surface area contributed by atoms with Gasteiger partial charge >= 0.3 is 0 Å². The first-order valence-electron chi connectivity index (χ1n) is 7.94. The van der Waals surface area contributed by atoms with Crippen LogP contribution in [0.3, 0.4) is 0 Å². The van der Waals surface area contributed by atoms with Gasteiger partial charge in [0.1, 0.15) is 5.01 Å². The van der Waals surface area contributed by atoms with Gasteiger partial charge in [0, 0.05) is 22.8 Å². The molecule has 1 aliphatic rings. The van der Waals surface area contributed by atoms with Crippen molar-refractivity contribution in [3.63, 3.8) is 0 Å². The van der Waals surface area contributed by atoms with Crippen LogP contribution in [0.2, 0.25) is 5.02 Å². The number of nitrogens with zero attached hydrogens (tertiary/aromatic N) is 2. The van der Waals surface area contributed by atoms with Gasteiger partial charge in [0.05, 0.1) is 10.9 Å². The molecule has 0 saturated carbocycles. The fourth-order valence-corrected chi connectivity index (χ4v) is 4.39. The number of aryl methyl sites for hydroxylation is 1. The summed E-state index contributed by atoms with van der Waals surface area (Å²) >= 11 is 8.68. The van der Waals surface area contributed by atoms with Gasteiger partial charge in [0.25, 0.3) is 0 Å². The summed E-state index contributed by atoms with van der Waals surface area (Å²) in [7, 11) is 0. The van der Waals surface area contributed by atoms with E-state index in [4.69, 9.17) is 11.6 Å². The van der Waals surface area contributed by atoms with Gasteiger partial charge in [-0.25, -0.2) is 0 Å². The Morgan fingerprint density at radius 2 is 2.24 bits per heavy atom. The SMILES string of the molecule is CCCCc1nnc(NC(=O)CC2Sc3ccc(Cl)cc3NC2=O)s1. The van der Waals surface area contributed by atoms with Crippen molar-refractivity contribution in [1.29, 1.82) is 0 Å². The summed E-state index contributed by atoms with van der Waals surface area (Å²) in [6.07, 6.45) is 3.07. The number of rotatable bonds is 6. The number of carbonyl (C=O) groups excluding carboxylic acids is 2. The van der Waals surface area contributed by atoms with Gasteiger partial charge in [-0.15, -0.1) is 22.0 Å². The lowest BCUT2D eigenvalue weighted by Gasteiger charge is -2.23. The zero-order chi connectivity index (χ0) is 17.8. The number of anilines is 2. The van der Waals surface area contributed by atoms with Crippen LogP contribution in [0.15, 0.2) is 23.1 Å². The van der Waals surface area contributed by atoms with Crippen LogP contribution in [-0.4, -0.2) is 27.3 Å². The number of benzene rings is 1. The van der Waals surface area contributed by atoms with Gasteiger partial charge < -0.3 is 10.6 Å². The molecule has 0 aliphatic carbocycles. The van der Waals surface area contributed by atoms with E-state index >= 15 is 0 Å². The third-order valence-electron chi connectivity index (χ3n) is 3.59. The van der Waals surface area contributed by atoms with Crippen LogP contribution < -0.4 is 10.6 Å². The Balaban J connectivity index is 1.58. The second-order valence-corrected chi connectivity index (χ2v) is 8.34. The minimum absolute atomic E-state index is 0.0719. The van der Waals surface area contributed by atoms with Crippen LogP contribution in [0.4, 0.5) is 10.8 Å². The molecule has 6 nitrogen and oxygen atoms in total. The van der Waals surface area contributed by atoms with E-state index in [0.717, 1.165) is 29.2 Å². The topological polar surface area (TPSA) is 84.0 Å². The number of hydrogen-bond acceptors (Lipinski definition) is 6. The molecule has 132 valence electrons. The molecule has 2 heterocycles. The molecule has 1 unspecified atom stereocenters. The van der Waals surface area contributed by atoms with Gasteiger partial charge in [-0.1, -0.05) is 36.3 Å². The van der Waals surface area contributed by atoms with E-state index in [-0.39, 0.29) is 18.2 Å². The van der Waals surface area contributed by atoms with Crippen molar-refractivity contribution < 1.29 is 9.59 Å². The first-order chi connectivity index (χ1) is 12.0. The van der Waals surface area contributed by atoms with Crippen LogP contribution in [-0.2, 0) is 16.0 Å². The number of halogens is 1. The van der Waals surface area contributed by atoms with E-state index in [1.807, 2.05) is 6.07 Å². The molecule has 9 heteroatoms. The Morgan fingerprint density at radius 3 is 3.04 bits per heavy atom. The van der Waals surface area contributed by atoms with E-state index in [9.17, 15) is 9.59 Å². The fraction of sp³-hybridized carbons (Fsp3) is 0.375. The molecule has 1 aromatic heterocycles. The minimum Gasteiger partial charge on any atom is -0.324 e. The largest absolute Gasteiger partial charge is 0.324 e. The Kier molecular flexibility index (Phi) is 5.93. The molecule has 1 atom stereocenters. The maximum absolute atomic E-state index is 12.2. The molecule has 1 aromatic carbocycles. The molecule has 1 aliphatic heterocycles. The molecule has 0 radical (unpaired) electrons. The molecule has 25 heavy (non-hydrogen) atoms. The van der Waals surface area contributed by atoms with Crippen molar-refractivity contribution in [3.05, 3.63) is 28.2 Å². The average molecular weight is 397 g/mol. The van der Waals surface area contributed by atoms with Crippen molar-refractivity contribution in [2.45, 2.75) is 42.8 Å². The van der Waals surface area contributed by atoms with Crippen molar-refractivity contribution in [1.82, 2.24) is 10.2 Å². The summed E-state index contributed by atoms with van der Waals surface area (Å²) in [5.74, 6) is -0.445. The van der Waals surface area contributed by atoms with Crippen LogP contribution in [0.5, 0.6) is 0 Å². The highest BCUT2D eigenvalue weighted by Crippen LogP contribution is 2.38. The Morgan fingerprint density at radius 1 is 1.40 bits per heavy atom. The molecular formula is C16H17ClN4O2S2. The van der Waals surface area contributed by atoms with E-state index in [0.29, 0.717) is 15.8 Å². The fourth-order valence-electron chi connectivity index (χ4n) is 2.33. The molecule has 2 N–H and O–H groups in total. The van der Waals surface area contributed by atoms with Gasteiger partial charge in [0.2, 0.25) is 16.9 Å². The number of carbonyl (C=O) groups is 2. The molecule has 0 fully saturated rings. The summed E-state index contributed by atoms with van der Waals surface area (Å²) in [5.41, 5.74) is 0.684. The van der Waals surface area contributed by atoms with Crippen molar-refractivity contribution in [3.8, 4) is 0 Å². The quantitative estimate of drug-likeness (QED) is 0.771. The zero-order valence-corrected chi connectivity index (χ0v) is 15.9. The molecular weight excluding hydrogens is 380 g/mol. The predicted molar refractivity (Wildman–Crippen MR) is 101 cm³/mol. The number of nitrogens with one attached hydrogen (secondary N) is 2. The van der Waals surface area contributed by atoms with Gasteiger partial charge in [-0.05, 0) is 24.6 Å². The number of thioether (sulfide) groups is 1. The lowest BCUT2D eigenvalue weighted by molar-refractivity contribution is -0.120. The highest BCUT2D eigenvalue weighted by molar-refractivity contribution is 8.01. The van der Waals surface area contributed by atoms with E-state index in [2.05, 4.69) is 27.8 Å². The summed E-state index contributed by atoms with van der Waals surface area (Å²) in [6.45, 7) is 2.11. The minimum atomic E-state index is -0.485. The predicted octanol–water partition coefficient (Wildman–Crippen LogP) is 3.98. The standard InChI is InChI=1S/C16H17ClN4O2S2/c1-2-3-4-14-20-21-16(25-14)19-13(22)8-12-15(23)18-10-7-9(17)5-6-11(10)24-12/h5-7,12H,2-4,8H2,1H3,(H,18,23)(H,19,21,22). The van der Waals surface area contributed by atoms with Crippen LogP contribution >= 0.6 is 34.7 Å². The smallest absolute Gasteiger partial charge is 0.238 e. The maximum atomic E-state index is 12.2. The van der Waals surface area contributed by atoms with E-state index < -0.39 is 5.25 Å². The van der Waals surface area contributed by atoms with Crippen molar-refractivity contribution in [2.24, 2.45) is 0 Å². The lowest BCUT2D eigenvalue weighted by atomic mass is 10.2. The second kappa shape index (κ2) is 8.16. The average Bonchev–Trinajstić information content (AvgIpc) is 3.01. The number of aromatic nitrogens is 2. The Bertz CT molecular complexity index is 796. The Labute approximate surface area is 158 Å². The third kappa shape index (κ3) is 4.71. The van der Waals surface area contributed by atoms with Gasteiger partial charge in [-0.3, -0.25) is 9.59 Å². The highest BCUT2D eigenvalue weighted by Gasteiger charge is 2.29. The second-order valence-electron chi connectivity index (χ2n) is 5.59. The molecule has 2 amide bonds. The van der Waals surface area contributed by atoms with Gasteiger partial charge in [-0.2, -0.15) is 0 Å². The van der Waals surface area contributed by atoms with Crippen LogP contribution in [0, 0.1) is 0 Å². The first-order valence-corrected chi connectivity index (χ1v) is 10.0. The summed E-state index contributed by atoms with van der Waals surface area (Å²) < 4.78 is 0. The van der Waals surface area contributed by atoms with Crippen molar-refractivity contribution >= 4 is 57.3 Å². The lowest BCUT2D eigenvalue weighted by Crippen LogP contribution is -2.32. The van der Waals surface area contributed by atoms with Crippen LogP contribution in [0.1, 0.15) is 31.2 Å². The van der Waals surface area contributed by atoms with Crippen LogP contribution in [0.25, 0.3) is 0 Å². The highest BCUT2D eigenvalue weighted by atomic mass is 35.5. The van der Waals surface area contributed by atoms with E-state index in [1.165, 1.54) is 23.1 Å². The van der Waals surface area contributed by atoms with Gasteiger partial charge in [0.15, 0.2) is 0 Å².